The number of nitrogens with one attached hydrogen (secondary N) is 1. The number of carbonyl (C=O) groups excluding carboxylic acids is 2. The molecule has 4 aliphatic rings. The fourth-order valence-electron chi connectivity index (χ4n) is 7.31. The molecule has 4 fully saturated rings. The molecule has 1 N–H and O–H groups in total. The van der Waals surface area contributed by atoms with E-state index in [1.165, 1.54) is 0 Å². The molecule has 10 nitrogen and oxygen atoms in total. The van der Waals surface area contributed by atoms with E-state index in [2.05, 4.69) is 34.3 Å². The number of ether oxygens (including phenoxy) is 1. The minimum absolute atomic E-state index is 0.122. The van der Waals surface area contributed by atoms with Crippen LogP contribution in [0.3, 0.4) is 0 Å². The van der Waals surface area contributed by atoms with Crippen LogP contribution < -0.4 is 10.1 Å². The van der Waals surface area contributed by atoms with Gasteiger partial charge < -0.3 is 15.0 Å². The van der Waals surface area contributed by atoms with Gasteiger partial charge in [-0.15, -0.1) is 10.2 Å². The fraction of sp³-hybridized carbons (Fsp3) is 0.529. The van der Waals surface area contributed by atoms with Crippen molar-refractivity contribution in [1.82, 2.24) is 25.3 Å². The van der Waals surface area contributed by atoms with E-state index in [1.54, 1.807) is 17.4 Å². The van der Waals surface area contributed by atoms with Crippen LogP contribution in [0.4, 0.5) is 0 Å². The third-order valence-corrected chi connectivity index (χ3v) is 12.9. The molecule has 3 aromatic rings. The summed E-state index contributed by atoms with van der Waals surface area (Å²) in [6.07, 6.45) is 4.77. The van der Waals surface area contributed by atoms with Gasteiger partial charge in [0.05, 0.1) is 11.5 Å². The summed E-state index contributed by atoms with van der Waals surface area (Å²) in [6.45, 7) is 7.33. The van der Waals surface area contributed by atoms with Crippen molar-refractivity contribution in [2.45, 2.75) is 76.9 Å². The van der Waals surface area contributed by atoms with E-state index in [1.807, 2.05) is 41.3 Å². The molecule has 2 amide bonds. The minimum Gasteiger partial charge on any atom is -0.457 e. The second-order valence-corrected chi connectivity index (χ2v) is 17.1. The highest BCUT2D eigenvalue weighted by atomic mass is 32.2. The summed E-state index contributed by atoms with van der Waals surface area (Å²) in [5.41, 5.74) is 2.59. The first-order valence-electron chi connectivity index (χ1n) is 16.3. The zero-order valence-electron chi connectivity index (χ0n) is 26.4. The first-order chi connectivity index (χ1) is 22.0. The van der Waals surface area contributed by atoms with Gasteiger partial charge >= 0.3 is 0 Å². The third kappa shape index (κ3) is 6.57. The zero-order valence-corrected chi connectivity index (χ0v) is 28.0. The summed E-state index contributed by atoms with van der Waals surface area (Å²) in [5, 5.41) is 13.7. The molecule has 0 unspecified atom stereocenters. The van der Waals surface area contributed by atoms with Crippen molar-refractivity contribution in [3.8, 4) is 22.1 Å². The molecule has 1 aromatic heterocycles. The van der Waals surface area contributed by atoms with E-state index in [9.17, 15) is 18.0 Å². The van der Waals surface area contributed by atoms with Crippen molar-refractivity contribution in [3.05, 3.63) is 58.6 Å². The van der Waals surface area contributed by atoms with Gasteiger partial charge in [-0.3, -0.25) is 14.5 Å². The van der Waals surface area contributed by atoms with E-state index in [-0.39, 0.29) is 23.3 Å². The van der Waals surface area contributed by atoms with Gasteiger partial charge in [0, 0.05) is 67.3 Å². The van der Waals surface area contributed by atoms with Crippen LogP contribution in [0.2, 0.25) is 0 Å². The second kappa shape index (κ2) is 12.4. The van der Waals surface area contributed by atoms with Gasteiger partial charge in [-0.1, -0.05) is 31.3 Å². The number of hydrogen-bond acceptors (Lipinski definition) is 9. The van der Waals surface area contributed by atoms with Crippen molar-refractivity contribution < 1.29 is 22.7 Å². The lowest BCUT2D eigenvalue weighted by Crippen LogP contribution is -2.68. The molecule has 3 aliphatic heterocycles. The molecule has 244 valence electrons. The highest BCUT2D eigenvalue weighted by Crippen LogP contribution is 2.50. The van der Waals surface area contributed by atoms with Crippen LogP contribution in [0.15, 0.2) is 42.5 Å². The number of amides is 2. The Morgan fingerprint density at radius 1 is 1.09 bits per heavy atom. The number of hydrogen-bond donors (Lipinski definition) is 1. The standard InChI is InChI=1S/C34H41N5O5S2/c1-22(2)32-36-37-33(45-32)23-7-9-28(10-8-23)44-29-16-24(5-6-25(29)19-38-13-3-4-30(38)40)31(41)35-26-17-34(18-26)20-39(21-34)27-11-14-46(42,43)15-12-27/h5-10,16,22,26-27H,3-4,11-15,17-21H2,1-2H3,(H,35,41). The first-order valence-corrected chi connectivity index (χ1v) is 19.0. The topological polar surface area (TPSA) is 122 Å². The summed E-state index contributed by atoms with van der Waals surface area (Å²) in [5.74, 6) is 2.12. The van der Waals surface area contributed by atoms with Crippen LogP contribution in [0.25, 0.3) is 10.6 Å². The lowest BCUT2D eigenvalue weighted by atomic mass is 9.60. The molecule has 0 atom stereocenters. The maximum Gasteiger partial charge on any atom is 0.251 e. The van der Waals surface area contributed by atoms with Gasteiger partial charge in [0.25, 0.3) is 5.91 Å². The van der Waals surface area contributed by atoms with Crippen LogP contribution in [0.1, 0.15) is 79.2 Å². The number of benzene rings is 2. The quantitative estimate of drug-likeness (QED) is 0.339. The maximum atomic E-state index is 13.4. The van der Waals surface area contributed by atoms with Gasteiger partial charge in [0.1, 0.15) is 31.4 Å². The van der Waals surface area contributed by atoms with Gasteiger partial charge in [-0.05, 0) is 73.9 Å². The van der Waals surface area contributed by atoms with Crippen LogP contribution >= 0.6 is 11.3 Å². The average Bonchev–Trinajstić information content (AvgIpc) is 3.65. The van der Waals surface area contributed by atoms with Gasteiger partial charge in [-0.2, -0.15) is 0 Å². The summed E-state index contributed by atoms with van der Waals surface area (Å²) in [4.78, 5) is 30.1. The average molecular weight is 664 g/mol. The van der Waals surface area contributed by atoms with E-state index in [0.29, 0.717) is 53.5 Å². The van der Waals surface area contributed by atoms with Crippen molar-refractivity contribution in [3.63, 3.8) is 0 Å². The highest BCUT2D eigenvalue weighted by molar-refractivity contribution is 7.91. The van der Waals surface area contributed by atoms with Gasteiger partial charge in [0.2, 0.25) is 5.91 Å². The van der Waals surface area contributed by atoms with Crippen LogP contribution in [0.5, 0.6) is 11.5 Å². The lowest BCUT2D eigenvalue weighted by Gasteiger charge is -2.61. The third-order valence-electron chi connectivity index (χ3n) is 9.94. The molecule has 1 saturated carbocycles. The first kappa shape index (κ1) is 31.3. The number of carbonyl (C=O) groups is 2. The Balaban J connectivity index is 1.000. The smallest absolute Gasteiger partial charge is 0.251 e. The lowest BCUT2D eigenvalue weighted by molar-refractivity contribution is -0.128. The molecular formula is C34H41N5O5S2. The summed E-state index contributed by atoms with van der Waals surface area (Å²) >= 11 is 1.58. The number of rotatable bonds is 9. The fourth-order valence-corrected chi connectivity index (χ4v) is 9.62. The summed E-state index contributed by atoms with van der Waals surface area (Å²) in [7, 11) is -2.85. The zero-order chi connectivity index (χ0) is 32.1. The number of nitrogens with zero attached hydrogens (tertiary/aromatic N) is 4. The predicted octanol–water partition coefficient (Wildman–Crippen LogP) is 5.01. The van der Waals surface area contributed by atoms with Crippen molar-refractivity contribution in [2.24, 2.45) is 5.41 Å². The molecular weight excluding hydrogens is 623 g/mol. The van der Waals surface area contributed by atoms with Gasteiger partial charge in [0.15, 0.2) is 0 Å². The van der Waals surface area contributed by atoms with Crippen LogP contribution in [-0.2, 0) is 21.2 Å². The molecule has 2 aromatic carbocycles. The summed E-state index contributed by atoms with van der Waals surface area (Å²) in [6, 6.07) is 13.7. The molecule has 7 rings (SSSR count). The Labute approximate surface area is 274 Å². The SMILES string of the molecule is CC(C)c1nnc(-c2ccc(Oc3cc(C(=O)NC4CC5(C4)CN(C4CCS(=O)(=O)CC4)C5)ccc3CN3CCCC3=O)cc2)s1. The van der Waals surface area contributed by atoms with E-state index in [4.69, 9.17) is 4.74 Å². The van der Waals surface area contributed by atoms with E-state index >= 15 is 0 Å². The molecule has 1 aliphatic carbocycles. The van der Waals surface area contributed by atoms with Crippen LogP contribution in [0, 0.1) is 5.41 Å². The number of sulfone groups is 1. The largest absolute Gasteiger partial charge is 0.457 e. The van der Waals surface area contributed by atoms with Crippen LogP contribution in [-0.4, -0.2) is 83.5 Å². The normalized spacial score (nSPS) is 21.4. The Kier molecular flexibility index (Phi) is 8.39. The molecule has 0 bridgehead atoms. The van der Waals surface area contributed by atoms with Crippen molar-refractivity contribution in [1.29, 1.82) is 0 Å². The maximum absolute atomic E-state index is 13.4. The minimum atomic E-state index is -2.85. The Bertz CT molecular complexity index is 1710. The molecule has 1 spiro atoms. The van der Waals surface area contributed by atoms with Crippen molar-refractivity contribution in [2.75, 3.05) is 31.1 Å². The van der Waals surface area contributed by atoms with E-state index in [0.717, 1.165) is 72.9 Å². The van der Waals surface area contributed by atoms with E-state index < -0.39 is 9.84 Å². The Morgan fingerprint density at radius 2 is 1.83 bits per heavy atom. The Morgan fingerprint density at radius 3 is 2.48 bits per heavy atom. The molecule has 12 heteroatoms. The highest BCUT2D eigenvalue weighted by Gasteiger charge is 2.54. The molecule has 46 heavy (non-hydrogen) atoms. The molecule has 4 heterocycles. The Hall–Kier alpha value is -3.35. The van der Waals surface area contributed by atoms with Crippen molar-refractivity contribution >= 4 is 33.0 Å². The summed E-state index contributed by atoms with van der Waals surface area (Å²) < 4.78 is 30.0. The predicted molar refractivity (Wildman–Crippen MR) is 177 cm³/mol. The number of aromatic nitrogens is 2. The van der Waals surface area contributed by atoms with Gasteiger partial charge in [-0.25, -0.2) is 8.42 Å². The number of likely N-dealkylation sites (tertiary alicyclic amines) is 2. The monoisotopic (exact) mass is 663 g/mol. The molecule has 3 saturated heterocycles. The molecule has 0 radical (unpaired) electrons. The second-order valence-electron chi connectivity index (χ2n) is 13.8.